The van der Waals surface area contributed by atoms with Gasteiger partial charge in [0.2, 0.25) is 11.8 Å². The number of benzene rings is 1. The van der Waals surface area contributed by atoms with E-state index in [2.05, 4.69) is 20.4 Å². The van der Waals surface area contributed by atoms with E-state index < -0.39 is 0 Å². The summed E-state index contributed by atoms with van der Waals surface area (Å²) in [6, 6.07) is 9.14. The molecule has 3 aromatic heterocycles. The second-order valence-electron chi connectivity index (χ2n) is 6.24. The van der Waals surface area contributed by atoms with Crippen LogP contribution in [-0.4, -0.2) is 39.6 Å². The van der Waals surface area contributed by atoms with E-state index in [4.69, 9.17) is 13.9 Å². The summed E-state index contributed by atoms with van der Waals surface area (Å²) in [5.41, 5.74) is 1.75. The second-order valence-corrected chi connectivity index (χ2v) is 6.24. The van der Waals surface area contributed by atoms with E-state index in [9.17, 15) is 4.79 Å². The molecule has 0 amide bonds. The number of methoxy groups -OCH3 is 2. The van der Waals surface area contributed by atoms with Crippen LogP contribution in [0.3, 0.4) is 0 Å². The molecule has 0 aliphatic heterocycles. The third-order valence-corrected chi connectivity index (χ3v) is 4.38. The Morgan fingerprint density at radius 1 is 1.21 bits per heavy atom. The van der Waals surface area contributed by atoms with Crippen molar-refractivity contribution in [2.24, 2.45) is 0 Å². The number of nitrogens with zero attached hydrogens (tertiary/aromatic N) is 4. The Hall–Kier alpha value is -3.88. The van der Waals surface area contributed by atoms with E-state index in [0.29, 0.717) is 46.8 Å². The molecule has 0 aliphatic carbocycles. The lowest BCUT2D eigenvalue weighted by Crippen LogP contribution is -2.10. The first-order valence-electron chi connectivity index (χ1n) is 8.86. The van der Waals surface area contributed by atoms with Crippen molar-refractivity contribution in [3.05, 3.63) is 53.9 Å². The van der Waals surface area contributed by atoms with Gasteiger partial charge in [-0.2, -0.15) is 4.52 Å². The number of ether oxygens (including phenoxy) is 2. The summed E-state index contributed by atoms with van der Waals surface area (Å²) in [5.74, 6) is 2.48. The summed E-state index contributed by atoms with van der Waals surface area (Å²) in [6.45, 7) is 1.92. The van der Waals surface area contributed by atoms with Gasteiger partial charge in [0.15, 0.2) is 28.7 Å². The van der Waals surface area contributed by atoms with Crippen LogP contribution in [0, 0.1) is 0 Å². The molecule has 0 unspecified atom stereocenters. The van der Waals surface area contributed by atoms with Crippen LogP contribution in [0.25, 0.3) is 17.2 Å². The highest BCUT2D eigenvalue weighted by Crippen LogP contribution is 2.28. The number of ketones is 1. The Morgan fingerprint density at radius 3 is 2.72 bits per heavy atom. The van der Waals surface area contributed by atoms with Gasteiger partial charge in [0.25, 0.3) is 0 Å². The average molecular weight is 393 g/mol. The first kappa shape index (κ1) is 18.5. The number of hydrogen-bond acceptors (Lipinski definition) is 8. The highest BCUT2D eigenvalue weighted by Gasteiger charge is 2.18. The molecular formula is C20H19N5O4. The quantitative estimate of drug-likeness (QED) is 0.477. The molecular weight excluding hydrogens is 374 g/mol. The Labute approximate surface area is 166 Å². The van der Waals surface area contributed by atoms with Crippen LogP contribution in [0.5, 0.6) is 11.5 Å². The van der Waals surface area contributed by atoms with Crippen LogP contribution in [0.1, 0.15) is 22.8 Å². The van der Waals surface area contributed by atoms with Gasteiger partial charge in [0.1, 0.15) is 0 Å². The third-order valence-electron chi connectivity index (χ3n) is 4.38. The zero-order valence-corrected chi connectivity index (χ0v) is 16.2. The van der Waals surface area contributed by atoms with Crippen LogP contribution >= 0.6 is 0 Å². The molecule has 4 rings (SSSR count). The Morgan fingerprint density at radius 2 is 2.03 bits per heavy atom. The lowest BCUT2D eigenvalue weighted by atomic mass is 10.2. The minimum atomic E-state index is -0.146. The van der Waals surface area contributed by atoms with Crippen LogP contribution in [0.2, 0.25) is 0 Å². The van der Waals surface area contributed by atoms with Crippen molar-refractivity contribution in [3.8, 4) is 23.1 Å². The van der Waals surface area contributed by atoms with Crippen molar-refractivity contribution in [1.29, 1.82) is 0 Å². The number of nitrogens with one attached hydrogen (secondary N) is 1. The fourth-order valence-corrected chi connectivity index (χ4v) is 2.92. The van der Waals surface area contributed by atoms with Crippen molar-refractivity contribution in [1.82, 2.24) is 19.6 Å². The predicted octanol–water partition coefficient (Wildman–Crippen LogP) is 3.22. The topological polar surface area (TPSA) is 104 Å². The molecule has 0 radical (unpaired) electrons. The molecule has 9 heteroatoms. The van der Waals surface area contributed by atoms with Gasteiger partial charge in [-0.3, -0.25) is 4.79 Å². The highest BCUT2D eigenvalue weighted by atomic mass is 16.5. The SMILES string of the molecule is COc1ccc(CNc2ncc(C(C)=O)c3nc(-c4ccco4)nn23)cc1OC. The standard InChI is InChI=1S/C20H19N5O4/c1-12(26)14-11-22-20(21-10-13-6-7-15(27-2)17(9-13)28-3)25-19(14)23-18(24-25)16-5-4-8-29-16/h4-9,11H,10H2,1-3H3,(H,21,22). The number of rotatable bonds is 7. The highest BCUT2D eigenvalue weighted by molar-refractivity contribution is 5.99. The number of aromatic nitrogens is 4. The van der Waals surface area contributed by atoms with E-state index in [1.165, 1.54) is 17.6 Å². The molecule has 9 nitrogen and oxygen atoms in total. The van der Waals surface area contributed by atoms with Gasteiger partial charge < -0.3 is 19.2 Å². The maximum atomic E-state index is 12.0. The fourth-order valence-electron chi connectivity index (χ4n) is 2.92. The van der Waals surface area contributed by atoms with E-state index in [1.807, 2.05) is 18.2 Å². The van der Waals surface area contributed by atoms with Crippen molar-refractivity contribution in [2.45, 2.75) is 13.5 Å². The molecule has 3 heterocycles. The summed E-state index contributed by atoms with van der Waals surface area (Å²) in [5, 5.41) is 7.69. The molecule has 0 spiro atoms. The Balaban J connectivity index is 1.69. The van der Waals surface area contributed by atoms with Crippen LogP contribution in [0.15, 0.2) is 47.2 Å². The number of carbonyl (C=O) groups is 1. The molecule has 29 heavy (non-hydrogen) atoms. The Kier molecular flexibility index (Phi) is 4.86. The molecule has 0 aliphatic rings. The normalized spacial score (nSPS) is 10.9. The minimum absolute atomic E-state index is 0.146. The average Bonchev–Trinajstić information content (AvgIpc) is 3.41. The number of carbonyl (C=O) groups excluding carboxylic acids is 1. The molecule has 0 saturated carbocycles. The van der Waals surface area contributed by atoms with Gasteiger partial charge in [-0.25, -0.2) is 9.97 Å². The minimum Gasteiger partial charge on any atom is -0.493 e. The molecule has 0 saturated heterocycles. The summed E-state index contributed by atoms with van der Waals surface area (Å²) in [4.78, 5) is 20.8. The second kappa shape index (κ2) is 7.63. The molecule has 4 aromatic rings. The fraction of sp³-hybridized carbons (Fsp3) is 0.200. The smallest absolute Gasteiger partial charge is 0.226 e. The number of fused-ring (bicyclic) bond motifs is 1. The largest absolute Gasteiger partial charge is 0.493 e. The molecule has 148 valence electrons. The van der Waals surface area contributed by atoms with Gasteiger partial charge >= 0.3 is 0 Å². The van der Waals surface area contributed by atoms with Gasteiger partial charge in [-0.05, 0) is 36.8 Å². The number of Topliss-reactive ketones (excluding diaryl/α,β-unsaturated/α-hetero) is 1. The molecule has 0 fully saturated rings. The van der Waals surface area contributed by atoms with Gasteiger partial charge in [0, 0.05) is 12.7 Å². The van der Waals surface area contributed by atoms with E-state index in [-0.39, 0.29) is 5.78 Å². The maximum absolute atomic E-state index is 12.0. The first-order chi connectivity index (χ1) is 14.1. The Bertz CT molecular complexity index is 1170. The van der Waals surface area contributed by atoms with Crippen molar-refractivity contribution < 1.29 is 18.7 Å². The molecule has 1 aromatic carbocycles. The van der Waals surface area contributed by atoms with E-state index in [1.54, 1.807) is 32.6 Å². The van der Waals surface area contributed by atoms with Crippen LogP contribution in [-0.2, 0) is 6.54 Å². The third kappa shape index (κ3) is 3.49. The van der Waals surface area contributed by atoms with Crippen LogP contribution < -0.4 is 14.8 Å². The zero-order chi connectivity index (χ0) is 20.4. The monoisotopic (exact) mass is 393 g/mol. The van der Waals surface area contributed by atoms with Gasteiger partial charge in [-0.15, -0.1) is 5.10 Å². The summed E-state index contributed by atoms with van der Waals surface area (Å²) in [7, 11) is 3.18. The van der Waals surface area contributed by atoms with Crippen molar-refractivity contribution >= 4 is 17.4 Å². The molecule has 1 N–H and O–H groups in total. The summed E-state index contributed by atoms with van der Waals surface area (Å²) >= 11 is 0. The maximum Gasteiger partial charge on any atom is 0.226 e. The lowest BCUT2D eigenvalue weighted by Gasteiger charge is -2.11. The number of furan rings is 1. The zero-order valence-electron chi connectivity index (χ0n) is 16.2. The molecule has 0 bridgehead atoms. The van der Waals surface area contributed by atoms with Crippen molar-refractivity contribution in [3.63, 3.8) is 0 Å². The first-order valence-corrected chi connectivity index (χ1v) is 8.86. The predicted molar refractivity (Wildman–Crippen MR) is 105 cm³/mol. The van der Waals surface area contributed by atoms with E-state index >= 15 is 0 Å². The summed E-state index contributed by atoms with van der Waals surface area (Å²) < 4.78 is 17.5. The van der Waals surface area contributed by atoms with Gasteiger partial charge in [-0.1, -0.05) is 6.07 Å². The van der Waals surface area contributed by atoms with E-state index in [0.717, 1.165) is 5.56 Å². The van der Waals surface area contributed by atoms with Gasteiger partial charge in [0.05, 0.1) is 26.0 Å². The molecule has 0 atom stereocenters. The lowest BCUT2D eigenvalue weighted by molar-refractivity contribution is 0.101. The number of hydrogen-bond donors (Lipinski definition) is 1. The number of anilines is 1. The summed E-state index contributed by atoms with van der Waals surface area (Å²) in [6.07, 6.45) is 3.04. The van der Waals surface area contributed by atoms with Crippen molar-refractivity contribution in [2.75, 3.05) is 19.5 Å². The van der Waals surface area contributed by atoms with Crippen LogP contribution in [0.4, 0.5) is 5.95 Å².